The highest BCUT2D eigenvalue weighted by molar-refractivity contribution is 6.31. The average molecular weight is 1060 g/mol. The number of phenolic OH excluding ortho intramolecular Hbond substituents is 3. The van der Waals surface area contributed by atoms with E-state index in [9.17, 15) is 20.1 Å². The summed E-state index contributed by atoms with van der Waals surface area (Å²) in [5.74, 6) is -0.683. The monoisotopic (exact) mass is 1060 g/mol. The number of phenols is 3. The molecule has 14 nitrogen and oxygen atoms in total. The Morgan fingerprint density at radius 1 is 0.392 bits per heavy atom. The summed E-state index contributed by atoms with van der Waals surface area (Å²) in [4.78, 5) is 13.0. The third-order valence-corrected chi connectivity index (χ3v) is 12.6. The maximum Gasteiger partial charge on any atom is 0.344 e. The molecule has 0 saturated carbocycles. The number of carbonyl (C=O) groups excluding carboxylic acids is 1. The number of hydrogen-bond acceptors (Lipinski definition) is 14. The number of halogens is 4. The molecular formula is C56H42Cl4N8O6. The maximum absolute atomic E-state index is 13.0. The minimum Gasteiger partial charge on any atom is -0.507 e. The summed E-state index contributed by atoms with van der Waals surface area (Å²) in [5, 5.41) is 75.4. The molecule has 1 aliphatic carbocycles. The van der Waals surface area contributed by atoms with Gasteiger partial charge in [0.1, 0.15) is 23.0 Å². The second-order valence-electron chi connectivity index (χ2n) is 16.9. The number of azo groups is 4. The van der Waals surface area contributed by atoms with Gasteiger partial charge in [0.2, 0.25) is 0 Å². The average Bonchev–Trinajstić information content (AvgIpc) is 3.39. The number of fused-ring (bicyclic) bond motifs is 8. The molecule has 3 N–H and O–H groups in total. The van der Waals surface area contributed by atoms with Crippen molar-refractivity contribution in [1.82, 2.24) is 0 Å². The fourth-order valence-electron chi connectivity index (χ4n) is 8.10. The standard InChI is InChI=1S/C56H42Cl4N8O6/c1-2-73-52(69)31-74-56-38-21-36-27-49(66-62-45-13-5-41(58)6-14-45)25-34(54(36)71)19-32-23-48(65-61-44-11-3-40(57)4-12-44)24-33(53(32)70)20-35-26-50(67-63-46-15-7-42(59)8-16-46)28-37(55(35)72)22-39(56)30-51(29-38)68-64-47-17-9-43(60)10-18-47/h3-18,23-30,70-72H,2,19-22,31H2,1H3. The molecule has 0 fully saturated rings. The van der Waals surface area contributed by atoms with Gasteiger partial charge in [-0.25, -0.2) is 4.79 Å². The Morgan fingerprint density at radius 3 is 0.878 bits per heavy atom. The molecule has 370 valence electrons. The lowest BCUT2D eigenvalue weighted by atomic mass is 9.90. The first kappa shape index (κ1) is 50.9. The van der Waals surface area contributed by atoms with Gasteiger partial charge in [-0.1, -0.05) is 46.4 Å². The molecule has 1 aliphatic rings. The Hall–Kier alpha value is -8.01. The topological polar surface area (TPSA) is 195 Å². The smallest absolute Gasteiger partial charge is 0.344 e. The number of ether oxygens (including phenoxy) is 2. The lowest BCUT2D eigenvalue weighted by Gasteiger charge is -2.20. The molecule has 0 radical (unpaired) electrons. The van der Waals surface area contributed by atoms with E-state index in [-0.39, 0.29) is 55.3 Å². The molecule has 0 aliphatic heterocycles. The van der Waals surface area contributed by atoms with Gasteiger partial charge in [0.15, 0.2) is 6.61 Å². The molecule has 8 aromatic carbocycles. The zero-order valence-corrected chi connectivity index (χ0v) is 42.3. The molecular weight excluding hydrogens is 1020 g/mol. The van der Waals surface area contributed by atoms with Crippen LogP contribution in [-0.4, -0.2) is 34.5 Å². The molecule has 8 bridgehead atoms. The summed E-state index contributed by atoms with van der Waals surface area (Å²) >= 11 is 24.7. The number of nitrogens with zero attached hydrogens (tertiary/aromatic N) is 8. The molecule has 0 heterocycles. The van der Waals surface area contributed by atoms with Gasteiger partial charge in [-0.2, -0.15) is 40.9 Å². The van der Waals surface area contributed by atoms with Crippen molar-refractivity contribution < 1.29 is 29.6 Å². The Labute approximate surface area is 445 Å². The predicted molar refractivity (Wildman–Crippen MR) is 287 cm³/mol. The van der Waals surface area contributed by atoms with Crippen molar-refractivity contribution >= 4 is 97.9 Å². The first-order valence-electron chi connectivity index (χ1n) is 23.0. The minimum absolute atomic E-state index is 0.0161. The normalized spacial score (nSPS) is 12.6. The van der Waals surface area contributed by atoms with E-state index in [1.165, 1.54) is 0 Å². The number of carbonyl (C=O) groups is 1. The van der Waals surface area contributed by atoms with Crippen LogP contribution in [0.15, 0.2) is 187 Å². The van der Waals surface area contributed by atoms with Crippen LogP contribution in [0.1, 0.15) is 51.4 Å². The van der Waals surface area contributed by atoms with Gasteiger partial charge in [-0.15, -0.1) is 0 Å². The van der Waals surface area contributed by atoms with Crippen molar-refractivity contribution in [3.8, 4) is 23.0 Å². The van der Waals surface area contributed by atoms with E-state index < -0.39 is 12.6 Å². The summed E-state index contributed by atoms with van der Waals surface area (Å²) in [6.07, 6.45) is -0.104. The second kappa shape index (κ2) is 23.2. The van der Waals surface area contributed by atoms with Gasteiger partial charge in [-0.3, -0.25) is 0 Å². The molecule has 0 unspecified atom stereocenters. The fraction of sp³-hybridized carbons (Fsp3) is 0.125. The van der Waals surface area contributed by atoms with Crippen molar-refractivity contribution in [1.29, 1.82) is 0 Å². The summed E-state index contributed by atoms with van der Waals surface area (Å²) in [6, 6.07) is 40.9. The van der Waals surface area contributed by atoms with Crippen LogP contribution in [0.5, 0.6) is 23.0 Å². The third kappa shape index (κ3) is 13.0. The van der Waals surface area contributed by atoms with Crippen LogP contribution in [-0.2, 0) is 35.2 Å². The van der Waals surface area contributed by atoms with Crippen LogP contribution in [0.2, 0.25) is 20.1 Å². The molecule has 74 heavy (non-hydrogen) atoms. The van der Waals surface area contributed by atoms with Crippen molar-refractivity contribution in [2.45, 2.75) is 32.6 Å². The molecule has 0 aromatic heterocycles. The van der Waals surface area contributed by atoms with E-state index in [4.69, 9.17) is 55.9 Å². The number of aromatic hydroxyl groups is 3. The van der Waals surface area contributed by atoms with E-state index in [0.717, 1.165) is 0 Å². The van der Waals surface area contributed by atoms with Gasteiger partial charge in [0.25, 0.3) is 0 Å². The van der Waals surface area contributed by atoms with Crippen LogP contribution in [0.3, 0.4) is 0 Å². The third-order valence-electron chi connectivity index (χ3n) is 11.6. The van der Waals surface area contributed by atoms with Gasteiger partial charge in [0, 0.05) is 90.3 Å². The first-order chi connectivity index (χ1) is 35.8. The van der Waals surface area contributed by atoms with Crippen molar-refractivity contribution in [3.63, 3.8) is 0 Å². The van der Waals surface area contributed by atoms with E-state index in [2.05, 4.69) is 40.9 Å². The van der Waals surface area contributed by atoms with Crippen LogP contribution < -0.4 is 4.74 Å². The SMILES string of the molecule is CCOC(=O)COc1c2cc(N=Nc3ccc(Cl)cc3)cc1Cc1cc(N=Nc3ccc(Cl)cc3)cc(c1O)Cc1cc(N=Nc3ccc(Cl)cc3)cc(c1O)Cc1cc(N=Nc3ccc(Cl)cc3)cc(c1O)C2. The molecule has 0 atom stereocenters. The Kier molecular flexibility index (Phi) is 16.0. The molecule has 0 saturated heterocycles. The number of benzene rings is 8. The molecule has 8 aromatic rings. The Morgan fingerprint density at radius 2 is 0.622 bits per heavy atom. The number of rotatable bonds is 12. The first-order valence-corrected chi connectivity index (χ1v) is 24.5. The minimum atomic E-state index is -0.615. The van der Waals surface area contributed by atoms with E-state index in [0.29, 0.717) is 110 Å². The van der Waals surface area contributed by atoms with Crippen LogP contribution in [0, 0.1) is 0 Å². The zero-order chi connectivity index (χ0) is 51.7. The largest absolute Gasteiger partial charge is 0.507 e. The van der Waals surface area contributed by atoms with Gasteiger partial charge in [-0.05, 0) is 153 Å². The van der Waals surface area contributed by atoms with E-state index >= 15 is 0 Å². The highest BCUT2D eigenvalue weighted by Crippen LogP contribution is 2.43. The van der Waals surface area contributed by atoms with Crippen LogP contribution in [0.4, 0.5) is 45.5 Å². The molecule has 0 spiro atoms. The predicted octanol–water partition coefficient (Wildman–Crippen LogP) is 17.7. The molecule has 9 rings (SSSR count). The second-order valence-corrected chi connectivity index (χ2v) is 18.7. The zero-order valence-electron chi connectivity index (χ0n) is 39.3. The van der Waals surface area contributed by atoms with Crippen molar-refractivity contribution in [2.24, 2.45) is 40.9 Å². The summed E-state index contributed by atoms with van der Waals surface area (Å²) in [5.41, 5.74) is 6.81. The quantitative estimate of drug-likeness (QED) is 0.0804. The summed E-state index contributed by atoms with van der Waals surface area (Å²) in [7, 11) is 0. The maximum atomic E-state index is 13.0. The van der Waals surface area contributed by atoms with Crippen molar-refractivity contribution in [2.75, 3.05) is 13.2 Å². The highest BCUT2D eigenvalue weighted by Gasteiger charge is 2.24. The van der Waals surface area contributed by atoms with E-state index in [1.54, 1.807) is 153 Å². The molecule has 18 heteroatoms. The Balaban J connectivity index is 1.27. The van der Waals surface area contributed by atoms with Crippen LogP contribution >= 0.6 is 46.4 Å². The van der Waals surface area contributed by atoms with Crippen LogP contribution in [0.25, 0.3) is 0 Å². The fourth-order valence-corrected chi connectivity index (χ4v) is 8.60. The lowest BCUT2D eigenvalue weighted by molar-refractivity contribution is -0.145. The van der Waals surface area contributed by atoms with Gasteiger partial charge < -0.3 is 24.8 Å². The summed E-state index contributed by atoms with van der Waals surface area (Å²) < 4.78 is 11.7. The van der Waals surface area contributed by atoms with Crippen molar-refractivity contribution in [3.05, 3.63) is 210 Å². The van der Waals surface area contributed by atoms with E-state index in [1.807, 2.05) is 0 Å². The Bertz CT molecular complexity index is 3340. The lowest BCUT2D eigenvalue weighted by Crippen LogP contribution is -2.16. The molecule has 0 amide bonds. The van der Waals surface area contributed by atoms with Gasteiger partial charge in [0.05, 0.1) is 52.1 Å². The number of esters is 1. The highest BCUT2D eigenvalue weighted by atomic mass is 35.5. The number of hydrogen-bond donors (Lipinski definition) is 3. The summed E-state index contributed by atoms with van der Waals surface area (Å²) in [6.45, 7) is 1.35. The van der Waals surface area contributed by atoms with Gasteiger partial charge >= 0.3 is 5.97 Å².